The van der Waals surface area contributed by atoms with Crippen LogP contribution in [0.5, 0.6) is 0 Å². The van der Waals surface area contributed by atoms with Crippen molar-refractivity contribution in [1.29, 1.82) is 0 Å². The van der Waals surface area contributed by atoms with Gasteiger partial charge in [0, 0.05) is 17.5 Å². The second kappa shape index (κ2) is 6.06. The van der Waals surface area contributed by atoms with Crippen LogP contribution in [0.4, 0.5) is 0 Å². The minimum Gasteiger partial charge on any atom is -0.293 e. The first-order valence-corrected chi connectivity index (χ1v) is 8.54. The monoisotopic (exact) mass is 330 g/mol. The normalized spacial score (nSPS) is 11.0. The van der Waals surface area contributed by atoms with E-state index in [-0.39, 0.29) is 17.1 Å². The van der Waals surface area contributed by atoms with E-state index >= 15 is 0 Å². The lowest BCUT2D eigenvalue weighted by Gasteiger charge is -2.06. The number of aromatic nitrogens is 2. The molecule has 6 heteroatoms. The summed E-state index contributed by atoms with van der Waals surface area (Å²) in [5.41, 5.74) is 0.608. The van der Waals surface area contributed by atoms with E-state index < -0.39 is 0 Å². The molecule has 0 amide bonds. The van der Waals surface area contributed by atoms with Crippen LogP contribution < -0.4 is 5.56 Å². The molecule has 2 aromatic heterocycles. The number of Topliss-reactive ketones (excluding diaryl/α,β-unsaturated/α-hetero) is 1. The van der Waals surface area contributed by atoms with Gasteiger partial charge in [-0.15, -0.1) is 11.3 Å². The number of hydrogen-bond donors (Lipinski definition) is 0. The van der Waals surface area contributed by atoms with Gasteiger partial charge >= 0.3 is 0 Å². The maximum absolute atomic E-state index is 12.3. The highest BCUT2D eigenvalue weighted by Crippen LogP contribution is 2.24. The summed E-state index contributed by atoms with van der Waals surface area (Å²) in [6.45, 7) is 1.96. The van der Waals surface area contributed by atoms with E-state index in [9.17, 15) is 9.59 Å². The van der Waals surface area contributed by atoms with Gasteiger partial charge in [0.25, 0.3) is 5.56 Å². The van der Waals surface area contributed by atoms with Crippen LogP contribution in [0.3, 0.4) is 0 Å². The van der Waals surface area contributed by atoms with Gasteiger partial charge in [0.15, 0.2) is 10.9 Å². The largest absolute Gasteiger partial charge is 0.293 e. The maximum Gasteiger partial charge on any atom is 0.262 e. The molecule has 0 unspecified atom stereocenters. The van der Waals surface area contributed by atoms with E-state index in [1.165, 1.54) is 27.7 Å². The first kappa shape index (κ1) is 15.0. The van der Waals surface area contributed by atoms with Crippen LogP contribution in [0.1, 0.15) is 15.2 Å². The minimum atomic E-state index is -0.0657. The number of thiophene rings is 1. The summed E-state index contributed by atoms with van der Waals surface area (Å²) >= 11 is 2.79. The smallest absolute Gasteiger partial charge is 0.262 e. The summed E-state index contributed by atoms with van der Waals surface area (Å²) in [5.74, 6) is 0.294. The molecule has 112 valence electrons. The van der Waals surface area contributed by atoms with E-state index in [2.05, 4.69) is 4.98 Å². The van der Waals surface area contributed by atoms with Gasteiger partial charge in [0.05, 0.1) is 11.1 Å². The fourth-order valence-corrected chi connectivity index (χ4v) is 3.92. The number of rotatable bonds is 4. The zero-order valence-corrected chi connectivity index (χ0v) is 13.8. The second-order valence-electron chi connectivity index (χ2n) is 4.91. The molecule has 3 aromatic rings. The lowest BCUT2D eigenvalue weighted by atomic mass is 10.2. The Hall–Kier alpha value is -1.92. The van der Waals surface area contributed by atoms with Gasteiger partial charge in [-0.3, -0.25) is 14.2 Å². The minimum absolute atomic E-state index is 0.0299. The third-order valence-electron chi connectivity index (χ3n) is 3.28. The Morgan fingerprint density at radius 2 is 2.05 bits per heavy atom. The second-order valence-corrected chi connectivity index (χ2v) is 7.09. The summed E-state index contributed by atoms with van der Waals surface area (Å²) in [6, 6.07) is 11.0. The van der Waals surface area contributed by atoms with Gasteiger partial charge in [0.1, 0.15) is 4.83 Å². The summed E-state index contributed by atoms with van der Waals surface area (Å²) in [7, 11) is 1.69. The maximum atomic E-state index is 12.3. The van der Waals surface area contributed by atoms with Gasteiger partial charge in [-0.2, -0.15) is 0 Å². The Bertz CT molecular complexity index is 898. The van der Waals surface area contributed by atoms with Crippen molar-refractivity contribution in [1.82, 2.24) is 9.55 Å². The van der Waals surface area contributed by atoms with Gasteiger partial charge in [0.2, 0.25) is 0 Å². The zero-order chi connectivity index (χ0) is 15.7. The molecule has 0 radical (unpaired) electrons. The fraction of sp³-hybridized carbons (Fsp3) is 0.188. The number of fused-ring (bicyclic) bond motifs is 1. The highest BCUT2D eigenvalue weighted by atomic mass is 32.2. The van der Waals surface area contributed by atoms with Crippen molar-refractivity contribution in [2.45, 2.75) is 12.1 Å². The number of nitrogens with zero attached hydrogens (tertiary/aromatic N) is 2. The molecule has 0 N–H and O–H groups in total. The lowest BCUT2D eigenvalue weighted by Crippen LogP contribution is -2.19. The molecule has 0 spiro atoms. The SMILES string of the molecule is Cc1cc2c(=O)n(C)c(SCC(=O)c3ccccc3)nc2s1. The van der Waals surface area contributed by atoms with Crippen LogP contribution in [0.2, 0.25) is 0 Å². The van der Waals surface area contributed by atoms with E-state index in [1.807, 2.05) is 31.2 Å². The Morgan fingerprint density at radius 1 is 1.32 bits per heavy atom. The molecule has 0 fully saturated rings. The number of carbonyl (C=O) groups excluding carboxylic acids is 1. The van der Waals surface area contributed by atoms with E-state index in [1.54, 1.807) is 19.2 Å². The van der Waals surface area contributed by atoms with Crippen LogP contribution in [0, 0.1) is 6.92 Å². The van der Waals surface area contributed by atoms with Crippen LogP contribution in [-0.2, 0) is 7.05 Å². The molecule has 0 saturated carbocycles. The molecule has 0 bridgehead atoms. The molecule has 0 aliphatic rings. The molecular formula is C16H14N2O2S2. The Labute approximate surface area is 135 Å². The molecule has 3 rings (SSSR count). The third kappa shape index (κ3) is 2.84. The molecular weight excluding hydrogens is 316 g/mol. The van der Waals surface area contributed by atoms with Crippen molar-refractivity contribution >= 4 is 39.1 Å². The average Bonchev–Trinajstić information content (AvgIpc) is 2.90. The zero-order valence-electron chi connectivity index (χ0n) is 12.2. The highest BCUT2D eigenvalue weighted by Gasteiger charge is 2.13. The van der Waals surface area contributed by atoms with Crippen LogP contribution in [-0.4, -0.2) is 21.1 Å². The Morgan fingerprint density at radius 3 is 2.77 bits per heavy atom. The van der Waals surface area contributed by atoms with Crippen molar-refractivity contribution in [2.75, 3.05) is 5.75 Å². The van der Waals surface area contributed by atoms with Crippen LogP contribution in [0.15, 0.2) is 46.3 Å². The topological polar surface area (TPSA) is 52.0 Å². The van der Waals surface area contributed by atoms with Crippen LogP contribution >= 0.6 is 23.1 Å². The van der Waals surface area contributed by atoms with Crippen molar-refractivity contribution in [3.63, 3.8) is 0 Å². The first-order valence-electron chi connectivity index (χ1n) is 6.74. The number of carbonyl (C=O) groups is 1. The summed E-state index contributed by atoms with van der Waals surface area (Å²) < 4.78 is 1.51. The summed E-state index contributed by atoms with van der Waals surface area (Å²) in [6.07, 6.45) is 0. The van der Waals surface area contributed by atoms with Crippen molar-refractivity contribution in [3.05, 3.63) is 57.2 Å². The van der Waals surface area contributed by atoms with Crippen molar-refractivity contribution in [3.8, 4) is 0 Å². The fourth-order valence-electron chi connectivity index (χ4n) is 2.13. The quantitative estimate of drug-likeness (QED) is 0.418. The summed E-state index contributed by atoms with van der Waals surface area (Å²) in [4.78, 5) is 30.8. The van der Waals surface area contributed by atoms with E-state index in [0.29, 0.717) is 16.1 Å². The van der Waals surface area contributed by atoms with Crippen molar-refractivity contribution < 1.29 is 4.79 Å². The predicted molar refractivity (Wildman–Crippen MR) is 91.1 cm³/mol. The lowest BCUT2D eigenvalue weighted by molar-refractivity contribution is 0.102. The van der Waals surface area contributed by atoms with Gasteiger partial charge < -0.3 is 0 Å². The van der Waals surface area contributed by atoms with Crippen LogP contribution in [0.25, 0.3) is 10.2 Å². The molecule has 0 atom stereocenters. The van der Waals surface area contributed by atoms with Crippen molar-refractivity contribution in [2.24, 2.45) is 7.05 Å². The standard InChI is InChI=1S/C16H14N2O2S2/c1-10-8-12-14(22-10)17-16(18(2)15(12)20)21-9-13(19)11-6-4-3-5-7-11/h3-8H,9H2,1-2H3. The molecule has 0 saturated heterocycles. The molecule has 1 aromatic carbocycles. The van der Waals surface area contributed by atoms with Gasteiger partial charge in [-0.05, 0) is 13.0 Å². The molecule has 0 aliphatic carbocycles. The highest BCUT2D eigenvalue weighted by molar-refractivity contribution is 7.99. The Kier molecular flexibility index (Phi) is 4.13. The number of hydrogen-bond acceptors (Lipinski definition) is 5. The first-order chi connectivity index (χ1) is 10.6. The molecule has 0 aliphatic heterocycles. The Balaban J connectivity index is 1.87. The molecule has 22 heavy (non-hydrogen) atoms. The number of ketones is 1. The number of benzene rings is 1. The third-order valence-corrected chi connectivity index (χ3v) is 5.26. The van der Waals surface area contributed by atoms with E-state index in [0.717, 1.165) is 9.71 Å². The summed E-state index contributed by atoms with van der Waals surface area (Å²) in [5, 5.41) is 1.22. The molecule has 4 nitrogen and oxygen atoms in total. The average molecular weight is 330 g/mol. The number of thioether (sulfide) groups is 1. The predicted octanol–water partition coefficient (Wildman–Crippen LogP) is 3.28. The van der Waals surface area contributed by atoms with E-state index in [4.69, 9.17) is 0 Å². The van der Waals surface area contributed by atoms with Gasteiger partial charge in [-0.1, -0.05) is 42.1 Å². The number of aryl methyl sites for hydroxylation is 1. The van der Waals surface area contributed by atoms with Gasteiger partial charge in [-0.25, -0.2) is 4.98 Å². The molecule has 2 heterocycles.